The van der Waals surface area contributed by atoms with Crippen LogP contribution in [0.4, 0.5) is 0 Å². The zero-order valence-corrected chi connectivity index (χ0v) is 12.3. The number of methoxy groups -OCH3 is 1. The number of nitrogens with one attached hydrogen (secondary N) is 1. The van der Waals surface area contributed by atoms with Crippen molar-refractivity contribution in [2.24, 2.45) is 16.8 Å². The molecular formula is C13H26N4O3. The average Bonchev–Trinajstić information content (AvgIpc) is 2.41. The third-order valence-electron chi connectivity index (χ3n) is 3.45. The van der Waals surface area contributed by atoms with E-state index in [0.717, 1.165) is 25.9 Å². The highest BCUT2D eigenvalue weighted by molar-refractivity contribution is 5.81. The zero-order chi connectivity index (χ0) is 15.0. The van der Waals surface area contributed by atoms with E-state index >= 15 is 0 Å². The molecule has 0 saturated carbocycles. The van der Waals surface area contributed by atoms with E-state index in [2.05, 4.69) is 15.4 Å². The van der Waals surface area contributed by atoms with Crippen LogP contribution in [0.1, 0.15) is 26.2 Å². The first kappa shape index (κ1) is 16.7. The number of oxime groups is 1. The Balaban J connectivity index is 2.23. The van der Waals surface area contributed by atoms with E-state index in [9.17, 15) is 4.79 Å². The monoisotopic (exact) mass is 286 g/mol. The molecule has 0 radical (unpaired) electrons. The van der Waals surface area contributed by atoms with Crippen LogP contribution in [0.25, 0.3) is 0 Å². The summed E-state index contributed by atoms with van der Waals surface area (Å²) in [6, 6.07) is 0.223. The van der Waals surface area contributed by atoms with Crippen molar-refractivity contribution in [1.29, 1.82) is 0 Å². The fourth-order valence-corrected chi connectivity index (χ4v) is 2.44. The lowest BCUT2D eigenvalue weighted by molar-refractivity contribution is -0.123. The maximum atomic E-state index is 11.8. The highest BCUT2D eigenvalue weighted by atomic mass is 16.5. The van der Waals surface area contributed by atoms with Crippen LogP contribution in [0.15, 0.2) is 5.16 Å². The Hall–Kier alpha value is -1.34. The predicted molar refractivity (Wildman–Crippen MR) is 76.7 cm³/mol. The zero-order valence-electron chi connectivity index (χ0n) is 12.3. The number of amides is 1. The number of amidine groups is 1. The molecule has 1 fully saturated rings. The second-order valence-corrected chi connectivity index (χ2v) is 5.47. The third kappa shape index (κ3) is 6.21. The van der Waals surface area contributed by atoms with Crippen molar-refractivity contribution < 1.29 is 14.7 Å². The summed E-state index contributed by atoms with van der Waals surface area (Å²) in [7, 11) is 1.64. The van der Waals surface area contributed by atoms with Crippen molar-refractivity contribution >= 4 is 11.7 Å². The summed E-state index contributed by atoms with van der Waals surface area (Å²) in [6.07, 6.45) is 2.28. The van der Waals surface area contributed by atoms with Gasteiger partial charge in [-0.3, -0.25) is 9.69 Å². The highest BCUT2D eigenvalue weighted by Gasteiger charge is 2.21. The molecule has 0 aliphatic carbocycles. The molecule has 0 aromatic rings. The van der Waals surface area contributed by atoms with Crippen molar-refractivity contribution in [2.45, 2.75) is 32.2 Å². The lowest BCUT2D eigenvalue weighted by Crippen LogP contribution is -2.47. The Bertz CT molecular complexity index is 328. The number of rotatable bonds is 7. The Labute approximate surface area is 120 Å². The third-order valence-corrected chi connectivity index (χ3v) is 3.45. The van der Waals surface area contributed by atoms with Gasteiger partial charge in [0.25, 0.3) is 0 Å². The predicted octanol–water partition coefficient (Wildman–Crippen LogP) is -0.0140. The molecule has 7 heteroatoms. The van der Waals surface area contributed by atoms with Crippen molar-refractivity contribution in [1.82, 2.24) is 10.2 Å². The number of carbonyl (C=O) groups is 1. The van der Waals surface area contributed by atoms with Gasteiger partial charge < -0.3 is 21.0 Å². The maximum Gasteiger partial charge on any atom is 0.220 e. The van der Waals surface area contributed by atoms with Gasteiger partial charge in [0, 0.05) is 39.3 Å². The summed E-state index contributed by atoms with van der Waals surface area (Å²) in [5.74, 6) is 0.547. The number of ether oxygens (including phenoxy) is 1. The van der Waals surface area contributed by atoms with Crippen LogP contribution in [0.2, 0.25) is 0 Å². The largest absolute Gasteiger partial charge is 0.409 e. The highest BCUT2D eigenvalue weighted by Crippen LogP contribution is 2.11. The van der Waals surface area contributed by atoms with E-state index in [1.165, 1.54) is 0 Å². The first-order valence-electron chi connectivity index (χ1n) is 7.02. The van der Waals surface area contributed by atoms with Gasteiger partial charge in [-0.15, -0.1) is 0 Å². The van der Waals surface area contributed by atoms with Crippen LogP contribution in [-0.2, 0) is 9.53 Å². The molecule has 1 amide bonds. The smallest absolute Gasteiger partial charge is 0.220 e. The molecule has 0 bridgehead atoms. The molecule has 0 spiro atoms. The molecule has 4 N–H and O–H groups in total. The fourth-order valence-electron chi connectivity index (χ4n) is 2.44. The fraction of sp³-hybridized carbons (Fsp3) is 0.846. The SMILES string of the molecule is COCC(C)CC(=O)NC1CCN(CC(N)=NO)CC1. The van der Waals surface area contributed by atoms with Crippen LogP contribution < -0.4 is 11.1 Å². The second-order valence-electron chi connectivity index (χ2n) is 5.47. The first-order valence-corrected chi connectivity index (χ1v) is 7.02. The minimum atomic E-state index is 0.0874. The summed E-state index contributed by atoms with van der Waals surface area (Å²) in [5.41, 5.74) is 5.48. The Morgan fingerprint density at radius 1 is 1.55 bits per heavy atom. The number of likely N-dealkylation sites (tertiary alicyclic amines) is 1. The van der Waals surface area contributed by atoms with Crippen LogP contribution in [0.5, 0.6) is 0 Å². The normalized spacial score (nSPS) is 19.8. The van der Waals surface area contributed by atoms with Gasteiger partial charge in [0.2, 0.25) is 5.91 Å². The van der Waals surface area contributed by atoms with Gasteiger partial charge in [0.1, 0.15) is 0 Å². The van der Waals surface area contributed by atoms with Gasteiger partial charge in [-0.1, -0.05) is 12.1 Å². The van der Waals surface area contributed by atoms with E-state index < -0.39 is 0 Å². The molecule has 1 rings (SSSR count). The van der Waals surface area contributed by atoms with Crippen molar-refractivity contribution in [3.63, 3.8) is 0 Å². The molecule has 1 heterocycles. The van der Waals surface area contributed by atoms with Crippen LogP contribution >= 0.6 is 0 Å². The van der Waals surface area contributed by atoms with E-state index in [4.69, 9.17) is 15.7 Å². The van der Waals surface area contributed by atoms with Crippen molar-refractivity contribution in [2.75, 3.05) is 33.4 Å². The van der Waals surface area contributed by atoms with Gasteiger partial charge in [0.05, 0.1) is 6.54 Å². The van der Waals surface area contributed by atoms with Gasteiger partial charge >= 0.3 is 0 Å². The van der Waals surface area contributed by atoms with Gasteiger partial charge in [-0.25, -0.2) is 0 Å². The topological polar surface area (TPSA) is 100 Å². The van der Waals surface area contributed by atoms with E-state index in [0.29, 0.717) is 19.6 Å². The van der Waals surface area contributed by atoms with Gasteiger partial charge in [0.15, 0.2) is 5.84 Å². The molecule has 1 saturated heterocycles. The molecule has 1 aliphatic heterocycles. The minimum absolute atomic E-state index is 0.0874. The minimum Gasteiger partial charge on any atom is -0.409 e. The molecule has 0 aromatic carbocycles. The molecular weight excluding hydrogens is 260 g/mol. The average molecular weight is 286 g/mol. The second kappa shape index (κ2) is 8.76. The Morgan fingerprint density at radius 2 is 2.20 bits per heavy atom. The van der Waals surface area contributed by atoms with Crippen LogP contribution in [0, 0.1) is 5.92 Å². The summed E-state index contributed by atoms with van der Waals surface area (Å²) in [4.78, 5) is 14.0. The van der Waals surface area contributed by atoms with E-state index in [1.54, 1.807) is 7.11 Å². The van der Waals surface area contributed by atoms with Crippen LogP contribution in [-0.4, -0.2) is 61.2 Å². The summed E-state index contributed by atoms with van der Waals surface area (Å²) >= 11 is 0. The Morgan fingerprint density at radius 3 is 2.75 bits per heavy atom. The van der Waals surface area contributed by atoms with E-state index in [1.807, 2.05) is 6.92 Å². The molecule has 7 nitrogen and oxygen atoms in total. The standard InChI is InChI=1S/C13H26N4O3/c1-10(9-20-2)7-13(18)15-11-3-5-17(6-4-11)8-12(14)16-19/h10-11,19H,3-9H2,1-2H3,(H2,14,16)(H,15,18). The van der Waals surface area contributed by atoms with Crippen molar-refractivity contribution in [3.8, 4) is 0 Å². The Kier molecular flexibility index (Phi) is 7.32. The molecule has 116 valence electrons. The van der Waals surface area contributed by atoms with Gasteiger partial charge in [-0.2, -0.15) is 0 Å². The molecule has 1 unspecified atom stereocenters. The molecule has 1 aliphatic rings. The molecule has 20 heavy (non-hydrogen) atoms. The van der Waals surface area contributed by atoms with Crippen LogP contribution in [0.3, 0.4) is 0 Å². The number of piperidine rings is 1. The number of hydrogen-bond donors (Lipinski definition) is 3. The number of hydrogen-bond acceptors (Lipinski definition) is 5. The van der Waals surface area contributed by atoms with E-state index in [-0.39, 0.29) is 23.7 Å². The summed E-state index contributed by atoms with van der Waals surface area (Å²) in [5, 5.41) is 14.6. The molecule has 1 atom stereocenters. The number of carbonyl (C=O) groups excluding carboxylic acids is 1. The maximum absolute atomic E-state index is 11.8. The lowest BCUT2D eigenvalue weighted by atomic mass is 10.0. The number of nitrogens with two attached hydrogens (primary N) is 1. The summed E-state index contributed by atoms with van der Waals surface area (Å²) in [6.45, 7) is 4.76. The quantitative estimate of drug-likeness (QED) is 0.264. The lowest BCUT2D eigenvalue weighted by Gasteiger charge is -2.32. The van der Waals surface area contributed by atoms with Crippen molar-refractivity contribution in [3.05, 3.63) is 0 Å². The van der Waals surface area contributed by atoms with Gasteiger partial charge in [-0.05, 0) is 18.8 Å². The summed E-state index contributed by atoms with van der Waals surface area (Å²) < 4.78 is 5.03. The first-order chi connectivity index (χ1) is 9.55. The number of nitrogens with zero attached hydrogens (tertiary/aromatic N) is 2. The molecule has 0 aromatic heterocycles.